The van der Waals surface area contributed by atoms with Crippen molar-refractivity contribution in [1.82, 2.24) is 50.6 Å². The third-order valence-corrected chi connectivity index (χ3v) is 16.8. The number of hydrogen-bond acceptors (Lipinski definition) is 17. The molecule has 88 heavy (non-hydrogen) atoms. The summed E-state index contributed by atoms with van der Waals surface area (Å²) in [5, 5.41) is 21.5. The van der Waals surface area contributed by atoms with Crippen molar-refractivity contribution in [2.45, 2.75) is 104 Å². The molecule has 5 aromatic rings. The Morgan fingerprint density at radius 1 is 0.841 bits per heavy atom. The molecule has 2 aromatic carbocycles. The number of aryl methyl sites for hydroxylation is 1. The quantitative estimate of drug-likeness (QED) is 0.0408. The lowest BCUT2D eigenvalue weighted by atomic mass is 9.85. The van der Waals surface area contributed by atoms with Crippen molar-refractivity contribution in [2.24, 2.45) is 5.41 Å². The largest absolute Gasteiger partial charge is 0.417 e. The molecule has 0 spiro atoms. The molecule has 0 saturated carbocycles. The normalized spacial score (nSPS) is 18.7. The van der Waals surface area contributed by atoms with Gasteiger partial charge in [-0.15, -0.1) is 11.3 Å². The highest BCUT2D eigenvalue weighted by atomic mass is 32.1. The van der Waals surface area contributed by atoms with E-state index in [-0.39, 0.29) is 112 Å². The Morgan fingerprint density at radius 2 is 1.52 bits per heavy atom. The van der Waals surface area contributed by atoms with Gasteiger partial charge >= 0.3 is 6.18 Å². The number of likely N-dealkylation sites (tertiary alicyclic amines) is 1. The minimum Gasteiger partial charge on any atom is -0.391 e. The van der Waals surface area contributed by atoms with Crippen LogP contribution in [0.4, 0.5) is 34.9 Å². The number of alkyl halides is 3. The van der Waals surface area contributed by atoms with Gasteiger partial charge in [0.25, 0.3) is 5.91 Å². The number of aliphatic hydroxyl groups excluding tert-OH is 1. The predicted molar refractivity (Wildman–Crippen MR) is 321 cm³/mol. The highest BCUT2D eigenvalue weighted by Crippen LogP contribution is 2.38. The summed E-state index contributed by atoms with van der Waals surface area (Å²) in [6.45, 7) is 13.6. The number of nitrogens with one attached hydrogen (secondary N) is 5. The number of aromatic nitrogens is 4. The maximum atomic E-state index is 16.2. The van der Waals surface area contributed by atoms with Crippen LogP contribution < -0.4 is 36.6 Å². The second kappa shape index (κ2) is 28.9. The average molecular weight is 1250 g/mol. The van der Waals surface area contributed by atoms with Crippen LogP contribution in [0.1, 0.15) is 81.1 Å². The van der Waals surface area contributed by atoms with E-state index in [1.54, 1.807) is 42.5 Å². The van der Waals surface area contributed by atoms with Crippen LogP contribution in [-0.4, -0.2) is 191 Å². The van der Waals surface area contributed by atoms with Gasteiger partial charge in [0.1, 0.15) is 24.5 Å². The van der Waals surface area contributed by atoms with Gasteiger partial charge in [0.15, 0.2) is 0 Å². The van der Waals surface area contributed by atoms with Gasteiger partial charge in [-0.2, -0.15) is 13.2 Å². The molecular formula is C60H75F4N13O10S. The lowest BCUT2D eigenvalue weighted by Gasteiger charge is -2.44. The van der Waals surface area contributed by atoms with Crippen molar-refractivity contribution in [3.8, 4) is 21.6 Å². The second-order valence-electron chi connectivity index (χ2n) is 23.3. The van der Waals surface area contributed by atoms with Crippen molar-refractivity contribution < 1.29 is 60.9 Å². The summed E-state index contributed by atoms with van der Waals surface area (Å²) >= 11 is 1.55. The summed E-state index contributed by atoms with van der Waals surface area (Å²) < 4.78 is 69.2. The number of thiazole rings is 1. The van der Waals surface area contributed by atoms with Gasteiger partial charge in [0, 0.05) is 126 Å². The molecular weight excluding hydrogens is 1170 g/mol. The number of halogens is 4. The first-order valence-electron chi connectivity index (χ1n) is 29.0. The fraction of sp³-hybridized carbons (Fsp3) is 0.500. The van der Waals surface area contributed by atoms with Gasteiger partial charge in [-0.3, -0.25) is 38.5 Å². The van der Waals surface area contributed by atoms with Crippen molar-refractivity contribution in [3.63, 3.8) is 0 Å². The summed E-state index contributed by atoms with van der Waals surface area (Å²) in [6.07, 6.45) is -2.52. The fourth-order valence-electron chi connectivity index (χ4n) is 10.7. The first-order valence-corrected chi connectivity index (χ1v) is 29.9. The van der Waals surface area contributed by atoms with Crippen molar-refractivity contribution in [3.05, 3.63) is 105 Å². The standard InChI is InChI=1S/C60H75F4N13O10S/c1-35-30-76(31-36(2)73(35)7)47-25-45(61)42(23-46(47)71-55(83)43-29-66-50(80)24-44(43)60(62,63)64)40-27-68-58(69-28-40)75-17-15-74(16-18-75)52(82)13-12-49(79)65-14-19-86-20-21-87-33-51(81)72-54(59(4,5)6)57(85)77-32-41(78)22-48(77)56(84)67-26-38-8-10-39(11-9-38)53-37(3)70-34-88-53/h8-11,23-25,27-29,34-36,41,48,54,78H,12-22,26,30-33H2,1-7H3,(H,65,79)(H,66,80)(H,67,84)(H,71,83)(H,72,81)/t35-,36+,41-,48+,54-/m1/s1. The third kappa shape index (κ3) is 16.8. The van der Waals surface area contributed by atoms with Crippen LogP contribution >= 0.6 is 11.3 Å². The molecule has 0 radical (unpaired) electrons. The molecule has 28 heteroatoms. The van der Waals surface area contributed by atoms with Gasteiger partial charge < -0.3 is 60.4 Å². The first-order chi connectivity index (χ1) is 41.7. The zero-order valence-corrected chi connectivity index (χ0v) is 51.0. The number of benzene rings is 2. The number of anilines is 3. The summed E-state index contributed by atoms with van der Waals surface area (Å²) in [4.78, 5) is 117. The number of pyridine rings is 1. The van der Waals surface area contributed by atoms with E-state index in [2.05, 4.69) is 46.1 Å². The average Bonchev–Trinajstić information content (AvgIpc) is 1.93. The smallest absolute Gasteiger partial charge is 0.391 e. The van der Waals surface area contributed by atoms with Crippen LogP contribution in [0.25, 0.3) is 21.6 Å². The number of ether oxygens (including phenoxy) is 2. The van der Waals surface area contributed by atoms with E-state index in [9.17, 15) is 51.8 Å². The molecule has 6 N–H and O–H groups in total. The second-order valence-corrected chi connectivity index (χ2v) is 24.1. The molecule has 6 amide bonds. The molecule has 3 aliphatic rings. The number of hydrogen-bond donors (Lipinski definition) is 6. The number of β-amino-alcohol motifs (C(OH)–C–C–N with tert-alkyl or cyclic N) is 1. The molecule has 0 aliphatic carbocycles. The number of piperazine rings is 2. The molecule has 3 saturated heterocycles. The molecule has 3 aliphatic heterocycles. The Morgan fingerprint density at radius 3 is 2.17 bits per heavy atom. The van der Waals surface area contributed by atoms with Crippen molar-refractivity contribution in [1.29, 1.82) is 0 Å². The molecule has 0 bridgehead atoms. The van der Waals surface area contributed by atoms with E-state index in [4.69, 9.17) is 9.47 Å². The first kappa shape index (κ1) is 66.0. The molecule has 5 atom stereocenters. The molecule has 23 nitrogen and oxygen atoms in total. The summed E-state index contributed by atoms with van der Waals surface area (Å²) in [7, 11) is 1.95. The SMILES string of the molecule is Cc1ncsc1-c1ccc(CNC(=O)[C@@H]2C[C@@H](O)CN2C(=O)[C@@H](NC(=O)COCCOCCNC(=O)CCC(=O)N2CCN(c3ncc(-c4cc(NC(=O)c5c[nH]c(=O)cc5C(F)(F)F)c(N5C[C@@H](C)N(C)[C@@H](C)C5)cc4F)cn3)CC2)C(C)(C)C)cc1. The summed E-state index contributed by atoms with van der Waals surface area (Å²) in [5.41, 5.74) is 1.01. The van der Waals surface area contributed by atoms with Gasteiger partial charge in [-0.05, 0) is 56.5 Å². The number of nitrogens with zero attached hydrogens (tertiary/aromatic N) is 8. The van der Waals surface area contributed by atoms with Gasteiger partial charge in [-0.25, -0.2) is 19.3 Å². The zero-order valence-electron chi connectivity index (χ0n) is 50.2. The molecule has 6 heterocycles. The third-order valence-electron chi connectivity index (χ3n) is 15.8. The zero-order chi connectivity index (χ0) is 63.6. The minimum absolute atomic E-state index is 0.00700. The molecule has 3 aromatic heterocycles. The topological polar surface area (TPSA) is 277 Å². The number of rotatable bonds is 22. The Bertz CT molecular complexity index is 3340. The number of aromatic amines is 1. The van der Waals surface area contributed by atoms with Gasteiger partial charge in [0.05, 0.1) is 64.5 Å². The lowest BCUT2D eigenvalue weighted by molar-refractivity contribution is -0.144. The predicted octanol–water partition coefficient (Wildman–Crippen LogP) is 4.59. The summed E-state index contributed by atoms with van der Waals surface area (Å²) in [6, 6.07) is 8.63. The Labute approximate surface area is 510 Å². The summed E-state index contributed by atoms with van der Waals surface area (Å²) in [5.74, 6) is -3.63. The monoisotopic (exact) mass is 1250 g/mol. The van der Waals surface area contributed by atoms with Crippen molar-refractivity contribution in [2.75, 3.05) is 101 Å². The maximum Gasteiger partial charge on any atom is 0.417 e. The number of likely N-dealkylation sites (N-methyl/N-ethyl adjacent to an activating group) is 1. The maximum absolute atomic E-state index is 16.2. The molecule has 3 fully saturated rings. The van der Waals surface area contributed by atoms with E-state index >= 15 is 4.39 Å². The minimum atomic E-state index is -5.02. The lowest BCUT2D eigenvalue weighted by Crippen LogP contribution is -2.58. The van der Waals surface area contributed by atoms with E-state index in [1.807, 2.05) is 61.9 Å². The van der Waals surface area contributed by atoms with E-state index in [1.165, 1.54) is 29.4 Å². The number of carbonyl (C=O) groups is 6. The molecule has 8 rings (SSSR count). The van der Waals surface area contributed by atoms with Gasteiger partial charge in [0.2, 0.25) is 41.0 Å². The molecule has 474 valence electrons. The van der Waals surface area contributed by atoms with E-state index in [0.29, 0.717) is 57.5 Å². The van der Waals surface area contributed by atoms with Crippen LogP contribution in [-0.2, 0) is 46.2 Å². The number of carbonyl (C=O) groups excluding carboxylic acids is 6. The van der Waals surface area contributed by atoms with Crippen LogP contribution in [0.2, 0.25) is 0 Å². The van der Waals surface area contributed by atoms with Crippen LogP contribution in [0.5, 0.6) is 0 Å². The Balaban J connectivity index is 0.731. The molecule has 0 unspecified atom stereocenters. The number of H-pyrrole nitrogens is 1. The number of aliphatic hydroxyl groups is 1. The van der Waals surface area contributed by atoms with Crippen LogP contribution in [0.3, 0.4) is 0 Å². The highest BCUT2D eigenvalue weighted by molar-refractivity contribution is 7.13. The number of amides is 6. The van der Waals surface area contributed by atoms with E-state index < -0.39 is 75.9 Å². The Kier molecular flexibility index (Phi) is 21.7. The van der Waals surface area contributed by atoms with Gasteiger partial charge in [-0.1, -0.05) is 45.0 Å². The van der Waals surface area contributed by atoms with E-state index in [0.717, 1.165) is 21.7 Å². The fourth-order valence-corrected chi connectivity index (χ4v) is 11.5. The Hall–Kier alpha value is -7.92. The highest BCUT2D eigenvalue weighted by Gasteiger charge is 2.45. The van der Waals surface area contributed by atoms with Crippen LogP contribution in [0, 0.1) is 18.2 Å². The van der Waals surface area contributed by atoms with Crippen LogP contribution in [0.15, 0.2) is 71.4 Å². The van der Waals surface area contributed by atoms with Crippen molar-refractivity contribution >= 4 is 64.1 Å².